The fraction of sp³-hybridized carbons (Fsp3) is 0.100. The summed E-state index contributed by atoms with van der Waals surface area (Å²) in [6.45, 7) is 0. The second-order valence-electron chi connectivity index (χ2n) is 3.05. The van der Waals surface area contributed by atoms with E-state index in [1.807, 2.05) is 18.2 Å². The van der Waals surface area contributed by atoms with E-state index in [0.29, 0.717) is 5.02 Å². The van der Waals surface area contributed by atoms with Gasteiger partial charge in [-0.2, -0.15) is 0 Å². The highest BCUT2D eigenvalue weighted by Crippen LogP contribution is 2.22. The minimum absolute atomic E-state index is 0.0799. The maximum absolute atomic E-state index is 11.4. The van der Waals surface area contributed by atoms with E-state index in [1.165, 1.54) is 6.07 Å². The molecule has 1 heterocycles. The Kier molecular flexibility index (Phi) is 2.53. The molecule has 4 heteroatoms. The zero-order valence-corrected chi connectivity index (χ0v) is 10.3. The lowest BCUT2D eigenvalue weighted by molar-refractivity contribution is 0.906. The van der Waals surface area contributed by atoms with Gasteiger partial charge in [0, 0.05) is 22.1 Å². The van der Waals surface area contributed by atoms with Gasteiger partial charge in [-0.05, 0) is 40.8 Å². The highest BCUT2D eigenvalue weighted by Gasteiger charge is 2.04. The number of aryl methyl sites for hydroxylation is 1. The Morgan fingerprint density at radius 2 is 2.07 bits per heavy atom. The molecule has 0 spiro atoms. The number of aromatic nitrogens is 1. The van der Waals surface area contributed by atoms with Crippen LogP contribution in [-0.2, 0) is 7.05 Å². The van der Waals surface area contributed by atoms with Crippen LogP contribution in [0.2, 0.25) is 5.02 Å². The van der Waals surface area contributed by atoms with Crippen LogP contribution in [0.1, 0.15) is 0 Å². The summed E-state index contributed by atoms with van der Waals surface area (Å²) in [6.07, 6.45) is 0. The van der Waals surface area contributed by atoms with Crippen molar-refractivity contribution in [2.75, 3.05) is 0 Å². The number of rotatable bonds is 0. The summed E-state index contributed by atoms with van der Waals surface area (Å²) in [5, 5.41) is 1.43. The lowest BCUT2D eigenvalue weighted by Gasteiger charge is -2.06. The van der Waals surface area contributed by atoms with Gasteiger partial charge in [0.2, 0.25) is 0 Å². The van der Waals surface area contributed by atoms with Crippen LogP contribution >= 0.6 is 34.2 Å². The van der Waals surface area contributed by atoms with Crippen molar-refractivity contribution in [3.8, 4) is 0 Å². The molecule has 0 amide bonds. The molecule has 0 aliphatic rings. The predicted octanol–water partition coefficient (Wildman–Crippen LogP) is 2.80. The van der Waals surface area contributed by atoms with Gasteiger partial charge < -0.3 is 4.57 Å². The summed E-state index contributed by atoms with van der Waals surface area (Å²) in [5.41, 5.74) is 0.784. The predicted molar refractivity (Wildman–Crippen MR) is 66.9 cm³/mol. The summed E-state index contributed by atoms with van der Waals surface area (Å²) in [5.74, 6) is 0. The molecule has 0 atom stereocenters. The van der Waals surface area contributed by atoms with Crippen molar-refractivity contribution in [3.05, 3.63) is 43.2 Å². The molecule has 1 aromatic heterocycles. The molecule has 72 valence electrons. The van der Waals surface area contributed by atoms with E-state index >= 15 is 0 Å². The van der Waals surface area contributed by atoms with Crippen LogP contribution in [0.15, 0.2) is 29.1 Å². The summed E-state index contributed by atoms with van der Waals surface area (Å²) in [4.78, 5) is 11.4. The third-order valence-corrected chi connectivity index (χ3v) is 3.14. The lowest BCUT2D eigenvalue weighted by Crippen LogP contribution is -2.15. The molecular weight excluding hydrogens is 312 g/mol. The molecule has 0 unspecified atom stereocenters. The van der Waals surface area contributed by atoms with Gasteiger partial charge in [0.25, 0.3) is 5.56 Å². The van der Waals surface area contributed by atoms with E-state index < -0.39 is 0 Å². The summed E-state index contributed by atoms with van der Waals surface area (Å²) in [6, 6.07) is 7.28. The molecule has 0 saturated heterocycles. The molecule has 0 N–H and O–H groups in total. The van der Waals surface area contributed by atoms with Crippen molar-refractivity contribution < 1.29 is 0 Å². The van der Waals surface area contributed by atoms with Crippen LogP contribution in [0.4, 0.5) is 0 Å². The minimum Gasteiger partial charge on any atom is -0.311 e. The van der Waals surface area contributed by atoms with E-state index in [0.717, 1.165) is 14.5 Å². The van der Waals surface area contributed by atoms with Crippen molar-refractivity contribution in [3.63, 3.8) is 0 Å². The van der Waals surface area contributed by atoms with E-state index in [4.69, 9.17) is 11.6 Å². The Labute approximate surface area is 99.6 Å². The standard InChI is InChI=1S/C10H7ClINO/c1-13-9-3-2-6(12)4-7(9)8(11)5-10(13)14/h2-5H,1H3. The number of fused-ring (bicyclic) bond motifs is 1. The molecule has 0 aliphatic heterocycles. The first kappa shape index (κ1) is 9.98. The van der Waals surface area contributed by atoms with Crippen LogP contribution in [0.5, 0.6) is 0 Å². The van der Waals surface area contributed by atoms with Crippen molar-refractivity contribution in [2.24, 2.45) is 7.05 Å². The van der Waals surface area contributed by atoms with Gasteiger partial charge in [0.05, 0.1) is 10.5 Å². The number of hydrogen-bond acceptors (Lipinski definition) is 1. The van der Waals surface area contributed by atoms with Gasteiger partial charge >= 0.3 is 0 Å². The summed E-state index contributed by atoms with van der Waals surface area (Å²) >= 11 is 8.21. The van der Waals surface area contributed by atoms with Crippen LogP contribution in [0.25, 0.3) is 10.9 Å². The molecule has 0 saturated carbocycles. The average Bonchev–Trinajstić information content (AvgIpc) is 2.14. The average molecular weight is 320 g/mol. The number of pyridine rings is 1. The van der Waals surface area contributed by atoms with Gasteiger partial charge in [-0.3, -0.25) is 4.79 Å². The number of nitrogens with zero attached hydrogens (tertiary/aromatic N) is 1. The second-order valence-corrected chi connectivity index (χ2v) is 4.70. The maximum Gasteiger partial charge on any atom is 0.252 e. The number of benzene rings is 1. The molecule has 0 fully saturated rings. The van der Waals surface area contributed by atoms with Crippen molar-refractivity contribution >= 4 is 45.1 Å². The number of hydrogen-bond donors (Lipinski definition) is 0. The van der Waals surface area contributed by atoms with E-state index in [9.17, 15) is 4.79 Å². The zero-order valence-electron chi connectivity index (χ0n) is 7.42. The molecular formula is C10H7ClINO. The second kappa shape index (κ2) is 3.55. The molecule has 2 aromatic rings. The Morgan fingerprint density at radius 3 is 2.79 bits per heavy atom. The van der Waals surface area contributed by atoms with E-state index in [-0.39, 0.29) is 5.56 Å². The van der Waals surface area contributed by atoms with Crippen molar-refractivity contribution in [1.82, 2.24) is 4.57 Å². The third kappa shape index (κ3) is 1.54. The van der Waals surface area contributed by atoms with Gasteiger partial charge in [-0.1, -0.05) is 11.6 Å². The molecule has 0 bridgehead atoms. The Balaban J connectivity index is 3.02. The Bertz CT molecular complexity index is 562. The maximum atomic E-state index is 11.4. The smallest absolute Gasteiger partial charge is 0.252 e. The largest absolute Gasteiger partial charge is 0.311 e. The van der Waals surface area contributed by atoms with Crippen molar-refractivity contribution in [2.45, 2.75) is 0 Å². The molecule has 0 radical (unpaired) electrons. The zero-order chi connectivity index (χ0) is 10.3. The quantitative estimate of drug-likeness (QED) is 0.685. The van der Waals surface area contributed by atoms with Crippen LogP contribution < -0.4 is 5.56 Å². The first-order valence-corrected chi connectivity index (χ1v) is 5.50. The lowest BCUT2D eigenvalue weighted by atomic mass is 10.2. The molecule has 2 nitrogen and oxygen atoms in total. The summed E-state index contributed by atoms with van der Waals surface area (Å²) in [7, 11) is 1.74. The summed E-state index contributed by atoms with van der Waals surface area (Å²) < 4.78 is 2.70. The normalized spacial score (nSPS) is 10.8. The SMILES string of the molecule is Cn1c(=O)cc(Cl)c2cc(I)ccc21. The van der Waals surface area contributed by atoms with Crippen LogP contribution in [-0.4, -0.2) is 4.57 Å². The van der Waals surface area contributed by atoms with Gasteiger partial charge in [0.1, 0.15) is 0 Å². The van der Waals surface area contributed by atoms with E-state index in [1.54, 1.807) is 11.6 Å². The topological polar surface area (TPSA) is 22.0 Å². The fourth-order valence-corrected chi connectivity index (χ4v) is 2.13. The van der Waals surface area contributed by atoms with Gasteiger partial charge in [-0.15, -0.1) is 0 Å². The minimum atomic E-state index is -0.0799. The van der Waals surface area contributed by atoms with E-state index in [2.05, 4.69) is 22.6 Å². The molecule has 0 aliphatic carbocycles. The number of halogens is 2. The Hall–Kier alpha value is -0.550. The molecule has 1 aromatic carbocycles. The van der Waals surface area contributed by atoms with Crippen LogP contribution in [0, 0.1) is 3.57 Å². The van der Waals surface area contributed by atoms with Crippen LogP contribution in [0.3, 0.4) is 0 Å². The van der Waals surface area contributed by atoms with Gasteiger partial charge in [0.15, 0.2) is 0 Å². The third-order valence-electron chi connectivity index (χ3n) is 2.16. The first-order valence-electron chi connectivity index (χ1n) is 4.04. The fourth-order valence-electron chi connectivity index (χ4n) is 1.39. The Morgan fingerprint density at radius 1 is 1.36 bits per heavy atom. The van der Waals surface area contributed by atoms with Gasteiger partial charge in [-0.25, -0.2) is 0 Å². The highest BCUT2D eigenvalue weighted by atomic mass is 127. The monoisotopic (exact) mass is 319 g/mol. The molecule has 14 heavy (non-hydrogen) atoms. The highest BCUT2D eigenvalue weighted by molar-refractivity contribution is 14.1. The first-order chi connectivity index (χ1) is 6.59. The van der Waals surface area contributed by atoms with Crippen molar-refractivity contribution in [1.29, 1.82) is 0 Å². The molecule has 2 rings (SSSR count).